The van der Waals surface area contributed by atoms with Crippen molar-refractivity contribution in [1.29, 1.82) is 5.41 Å². The number of rotatable bonds is 4. The van der Waals surface area contributed by atoms with Crippen molar-refractivity contribution >= 4 is 24.6 Å². The Morgan fingerprint density at radius 1 is 1.19 bits per heavy atom. The average molecular weight is 516 g/mol. The van der Waals surface area contributed by atoms with Gasteiger partial charge in [0.2, 0.25) is 5.91 Å². The van der Waals surface area contributed by atoms with Crippen molar-refractivity contribution in [1.82, 2.24) is 24.4 Å². The van der Waals surface area contributed by atoms with Crippen molar-refractivity contribution in [2.75, 3.05) is 26.8 Å². The van der Waals surface area contributed by atoms with E-state index in [1.807, 2.05) is 27.0 Å². The van der Waals surface area contributed by atoms with Crippen LogP contribution in [0.3, 0.4) is 0 Å². The molecule has 37 heavy (non-hydrogen) atoms. The minimum Gasteiger partial charge on any atom is -0.327 e. The smallest absolute Gasteiger partial charge is 0.243 e. The van der Waals surface area contributed by atoms with E-state index >= 15 is 0 Å². The molecular formula is C25H38FN9O2. The van der Waals surface area contributed by atoms with Crippen LogP contribution in [0.25, 0.3) is 16.9 Å². The van der Waals surface area contributed by atoms with Crippen molar-refractivity contribution in [3.63, 3.8) is 0 Å². The van der Waals surface area contributed by atoms with Crippen molar-refractivity contribution in [2.45, 2.75) is 39.2 Å². The van der Waals surface area contributed by atoms with Gasteiger partial charge in [-0.05, 0) is 63.9 Å². The van der Waals surface area contributed by atoms with Crippen LogP contribution >= 0.6 is 0 Å². The maximum atomic E-state index is 13.0. The average Bonchev–Trinajstić information content (AvgIpc) is 3.34. The first-order chi connectivity index (χ1) is 17.6. The molecule has 4 rings (SSSR count). The maximum Gasteiger partial charge on any atom is 0.243 e. The number of halogens is 1. The Labute approximate surface area is 216 Å². The molecule has 1 fully saturated rings. The molecule has 0 unspecified atom stereocenters. The summed E-state index contributed by atoms with van der Waals surface area (Å²) in [5.41, 5.74) is 8.62. The molecule has 0 atom stereocenters. The summed E-state index contributed by atoms with van der Waals surface area (Å²) in [4.78, 5) is 30.6. The molecule has 0 aliphatic carbocycles. The predicted octanol–water partition coefficient (Wildman–Crippen LogP) is 2.01. The van der Waals surface area contributed by atoms with E-state index in [0.29, 0.717) is 24.3 Å². The largest absolute Gasteiger partial charge is 0.327 e. The van der Waals surface area contributed by atoms with Crippen LogP contribution in [-0.4, -0.2) is 75.7 Å². The molecule has 0 bridgehead atoms. The number of aromatic nitrogens is 3. The number of hydrazine groups is 1. The highest BCUT2D eigenvalue weighted by Gasteiger charge is 2.38. The second-order valence-electron chi connectivity index (χ2n) is 8.93. The standard InChI is InChI=1S/C16H14FN3O.C8H17N3O.CH3N.H4N2/c1-10(2)14-7-15(11-3-5-12(17)6-4-11)19-20-8-13(9-21)18-16(14)20;1-8(2)7(12)11(6-9)5-4-10(8)3;2*1-2/h3-10H,1-2H3;4-6,9H2,1-3H3;2H,1H2;1-2H2. The first-order valence-corrected chi connectivity index (χ1v) is 11.6. The van der Waals surface area contributed by atoms with Gasteiger partial charge in [0.05, 0.1) is 24.1 Å². The third-order valence-electron chi connectivity index (χ3n) is 6.05. The molecule has 0 saturated carbocycles. The molecule has 2 aromatic heterocycles. The fourth-order valence-electron chi connectivity index (χ4n) is 3.64. The van der Waals surface area contributed by atoms with Gasteiger partial charge in [0.25, 0.3) is 0 Å². The van der Waals surface area contributed by atoms with E-state index < -0.39 is 5.54 Å². The third kappa shape index (κ3) is 7.46. The molecule has 12 heteroatoms. The number of carbonyl (C=O) groups is 2. The van der Waals surface area contributed by atoms with Crippen molar-refractivity contribution in [3.8, 4) is 11.3 Å². The van der Waals surface area contributed by atoms with E-state index in [0.717, 1.165) is 29.9 Å². The van der Waals surface area contributed by atoms with Gasteiger partial charge in [0.15, 0.2) is 11.9 Å². The van der Waals surface area contributed by atoms with Crippen LogP contribution in [0, 0.1) is 11.2 Å². The summed E-state index contributed by atoms with van der Waals surface area (Å²) in [6.07, 6.45) is 2.30. The number of nitrogens with two attached hydrogens (primary N) is 3. The first-order valence-electron chi connectivity index (χ1n) is 11.6. The van der Waals surface area contributed by atoms with E-state index in [1.54, 1.807) is 27.7 Å². The third-order valence-corrected chi connectivity index (χ3v) is 6.05. The topological polar surface area (TPSA) is 173 Å². The van der Waals surface area contributed by atoms with Gasteiger partial charge in [-0.25, -0.2) is 13.9 Å². The lowest BCUT2D eigenvalue weighted by Crippen LogP contribution is -2.62. The van der Waals surface area contributed by atoms with Crippen LogP contribution < -0.4 is 17.4 Å². The number of aldehydes is 1. The lowest BCUT2D eigenvalue weighted by Gasteiger charge is -2.43. The molecule has 11 nitrogen and oxygen atoms in total. The maximum absolute atomic E-state index is 13.0. The van der Waals surface area contributed by atoms with E-state index in [9.17, 15) is 14.0 Å². The zero-order valence-corrected chi connectivity index (χ0v) is 22.1. The Morgan fingerprint density at radius 2 is 1.78 bits per heavy atom. The Hall–Kier alpha value is -3.58. The number of piperazine rings is 1. The molecule has 1 aromatic carbocycles. The molecule has 0 radical (unpaired) electrons. The molecule has 3 heterocycles. The number of likely N-dealkylation sites (N-methyl/N-ethyl adjacent to an activating group) is 1. The van der Waals surface area contributed by atoms with Gasteiger partial charge in [-0.15, -0.1) is 0 Å². The Morgan fingerprint density at radius 3 is 2.30 bits per heavy atom. The zero-order chi connectivity index (χ0) is 28.3. The molecule has 3 aromatic rings. The summed E-state index contributed by atoms with van der Waals surface area (Å²) < 4.78 is 14.6. The fourth-order valence-corrected chi connectivity index (χ4v) is 3.64. The molecule has 7 N–H and O–H groups in total. The summed E-state index contributed by atoms with van der Waals surface area (Å²) in [6, 6.07) is 8.12. The van der Waals surface area contributed by atoms with Crippen LogP contribution in [0.5, 0.6) is 0 Å². The van der Waals surface area contributed by atoms with Gasteiger partial charge in [-0.3, -0.25) is 26.2 Å². The van der Waals surface area contributed by atoms with Gasteiger partial charge >= 0.3 is 0 Å². The number of benzene rings is 1. The number of amides is 1. The van der Waals surface area contributed by atoms with Gasteiger partial charge in [-0.2, -0.15) is 5.10 Å². The SMILES string of the molecule is C=N.CC(C)c1cc(-c2ccc(F)cc2)nn2cc(C=O)nc12.CN1CCN(CN)C(=O)C1(C)C.NN. The van der Waals surface area contributed by atoms with Crippen molar-refractivity contribution in [2.24, 2.45) is 17.4 Å². The highest BCUT2D eigenvalue weighted by Crippen LogP contribution is 2.25. The lowest BCUT2D eigenvalue weighted by atomic mass is 9.99. The van der Waals surface area contributed by atoms with Gasteiger partial charge in [0, 0.05) is 24.2 Å². The number of nitrogens with one attached hydrogen (secondary N) is 1. The van der Waals surface area contributed by atoms with E-state index in [-0.39, 0.29) is 17.6 Å². The summed E-state index contributed by atoms with van der Waals surface area (Å²) in [5.74, 6) is 8.07. The lowest BCUT2D eigenvalue weighted by molar-refractivity contribution is -0.147. The van der Waals surface area contributed by atoms with E-state index in [1.165, 1.54) is 12.1 Å². The monoisotopic (exact) mass is 515 g/mol. The summed E-state index contributed by atoms with van der Waals surface area (Å²) in [6.45, 7) is 12.4. The normalized spacial score (nSPS) is 14.6. The first kappa shape index (κ1) is 31.4. The Bertz CT molecular complexity index is 1160. The number of imidazole rings is 1. The van der Waals surface area contributed by atoms with E-state index in [2.05, 4.69) is 47.2 Å². The molecule has 1 amide bonds. The van der Waals surface area contributed by atoms with E-state index in [4.69, 9.17) is 11.1 Å². The summed E-state index contributed by atoms with van der Waals surface area (Å²) in [5, 5.41) is 9.96. The van der Waals surface area contributed by atoms with Gasteiger partial charge in [-0.1, -0.05) is 13.8 Å². The second kappa shape index (κ2) is 14.2. The Balaban J connectivity index is 0.000000365. The second-order valence-corrected chi connectivity index (χ2v) is 8.93. The minimum atomic E-state index is -0.391. The van der Waals surface area contributed by atoms with Crippen LogP contribution in [-0.2, 0) is 4.79 Å². The molecule has 1 aliphatic rings. The molecule has 0 spiro atoms. The van der Waals surface area contributed by atoms with Gasteiger partial charge in [0.1, 0.15) is 11.5 Å². The summed E-state index contributed by atoms with van der Waals surface area (Å²) >= 11 is 0. The number of hydrogen-bond acceptors (Lipinski definition) is 9. The number of fused-ring (bicyclic) bond motifs is 1. The van der Waals surface area contributed by atoms with Crippen molar-refractivity contribution < 1.29 is 14.0 Å². The van der Waals surface area contributed by atoms with Gasteiger partial charge < -0.3 is 16.0 Å². The number of nitrogens with zero attached hydrogens (tertiary/aromatic N) is 5. The number of carbonyl (C=O) groups excluding carboxylic acids is 2. The predicted molar refractivity (Wildman–Crippen MR) is 144 cm³/mol. The van der Waals surface area contributed by atoms with Crippen molar-refractivity contribution in [3.05, 3.63) is 53.6 Å². The molecule has 1 aliphatic heterocycles. The minimum absolute atomic E-state index is 0.124. The van der Waals surface area contributed by atoms with Crippen LogP contribution in [0.4, 0.5) is 4.39 Å². The zero-order valence-electron chi connectivity index (χ0n) is 22.1. The molecule has 1 saturated heterocycles. The summed E-state index contributed by atoms with van der Waals surface area (Å²) in [7, 11) is 1.96. The van der Waals surface area contributed by atoms with Crippen LogP contribution in [0.15, 0.2) is 36.5 Å². The van der Waals surface area contributed by atoms with Crippen LogP contribution in [0.2, 0.25) is 0 Å². The number of hydrogen-bond donors (Lipinski definition) is 4. The van der Waals surface area contributed by atoms with Crippen LogP contribution in [0.1, 0.15) is 49.7 Å². The highest BCUT2D eigenvalue weighted by atomic mass is 19.1. The Kier molecular flexibility index (Phi) is 12.1. The fraction of sp³-hybridized carbons (Fsp3) is 0.400. The highest BCUT2D eigenvalue weighted by molar-refractivity contribution is 5.86. The quantitative estimate of drug-likeness (QED) is 0.177. The molecular weight excluding hydrogens is 477 g/mol. The molecule has 202 valence electrons.